The van der Waals surface area contributed by atoms with Crippen molar-refractivity contribution in [3.05, 3.63) is 88.8 Å². The Morgan fingerprint density at radius 3 is 2.32 bits per heavy atom. The molecule has 0 unspecified atom stereocenters. The van der Waals surface area contributed by atoms with E-state index in [2.05, 4.69) is 0 Å². The van der Waals surface area contributed by atoms with Gasteiger partial charge < -0.3 is 4.57 Å². The molecule has 1 N–H and O–H groups in total. The molecular weight excluding hydrogens is 467 g/mol. The molecule has 4 rings (SSSR count). The van der Waals surface area contributed by atoms with Gasteiger partial charge in [-0.25, -0.2) is 22.5 Å². The molecule has 0 aliphatic rings. The summed E-state index contributed by atoms with van der Waals surface area (Å²) in [7, 11) is -3.49. The van der Waals surface area contributed by atoms with Gasteiger partial charge in [-0.05, 0) is 23.3 Å². The molecule has 2 aromatic carbocycles. The Kier molecular flexibility index (Phi) is 6.28. The van der Waals surface area contributed by atoms with Crippen LogP contribution in [0.1, 0.15) is 5.56 Å². The summed E-state index contributed by atoms with van der Waals surface area (Å²) in [5.41, 5.74) is 3.60. The summed E-state index contributed by atoms with van der Waals surface area (Å²) in [6, 6.07) is 19.4. The Bertz CT molecular complexity index is 1500. The highest BCUT2D eigenvalue weighted by Gasteiger charge is 2.45. The second-order valence-electron chi connectivity index (χ2n) is 7.71. The molecule has 34 heavy (non-hydrogen) atoms. The lowest BCUT2D eigenvalue weighted by molar-refractivity contribution is 0.0605. The number of fused-ring (bicyclic) bond motifs is 1. The maximum Gasteiger partial charge on any atom is 0.386 e. The van der Waals surface area contributed by atoms with Gasteiger partial charge in [0.1, 0.15) is 0 Å². The first kappa shape index (κ1) is 23.7. The summed E-state index contributed by atoms with van der Waals surface area (Å²) >= 11 is 0. The number of rotatable bonds is 7. The van der Waals surface area contributed by atoms with Gasteiger partial charge in [0, 0.05) is 30.9 Å². The summed E-state index contributed by atoms with van der Waals surface area (Å²) in [5, 5.41) is -4.03. The fraction of sp³-hybridized carbons (Fsp3) is 0.167. The summed E-state index contributed by atoms with van der Waals surface area (Å²) in [5.74, 6) is 0. The number of alkyl halides is 3. The number of sulfonamides is 1. The maximum atomic E-state index is 13.2. The monoisotopic (exact) mass is 487 g/mol. The third-order valence-electron chi connectivity index (χ3n) is 5.39. The SMILES string of the molecule is Cn1ccc2nc(-c3ccc(CNS(=O)(=O)C(F)(F)CF)cc3)c(-c3ccccc3)cc2c1=O. The van der Waals surface area contributed by atoms with E-state index in [0.29, 0.717) is 27.7 Å². The topological polar surface area (TPSA) is 81.1 Å². The van der Waals surface area contributed by atoms with E-state index in [4.69, 9.17) is 4.98 Å². The van der Waals surface area contributed by atoms with Crippen LogP contribution in [0, 0.1) is 0 Å². The average Bonchev–Trinajstić information content (AvgIpc) is 2.85. The fourth-order valence-corrected chi connectivity index (χ4v) is 4.17. The van der Waals surface area contributed by atoms with Crippen LogP contribution < -0.4 is 10.3 Å². The number of halogens is 3. The molecule has 0 fully saturated rings. The molecule has 0 saturated carbocycles. The van der Waals surface area contributed by atoms with Crippen molar-refractivity contribution < 1.29 is 21.6 Å². The van der Waals surface area contributed by atoms with E-state index in [1.165, 1.54) is 4.57 Å². The van der Waals surface area contributed by atoms with Gasteiger partial charge in [0.2, 0.25) is 0 Å². The highest BCUT2D eigenvalue weighted by Crippen LogP contribution is 2.33. The second-order valence-corrected chi connectivity index (χ2v) is 9.60. The van der Waals surface area contributed by atoms with E-state index in [0.717, 1.165) is 11.1 Å². The van der Waals surface area contributed by atoms with Crippen molar-refractivity contribution in [2.45, 2.75) is 11.8 Å². The van der Waals surface area contributed by atoms with Crippen LogP contribution in [0.3, 0.4) is 0 Å². The summed E-state index contributed by atoms with van der Waals surface area (Å²) in [4.78, 5) is 17.4. The average molecular weight is 488 g/mol. The Balaban J connectivity index is 1.73. The molecule has 0 amide bonds. The predicted octanol–water partition coefficient (Wildman–Crippen LogP) is 4.25. The maximum absolute atomic E-state index is 13.2. The quantitative estimate of drug-likeness (QED) is 0.423. The van der Waals surface area contributed by atoms with Crippen LogP contribution in [0.25, 0.3) is 33.3 Å². The van der Waals surface area contributed by atoms with E-state index in [1.54, 1.807) is 54.4 Å². The van der Waals surface area contributed by atoms with Crippen LogP contribution in [0.15, 0.2) is 77.7 Å². The Morgan fingerprint density at radius 1 is 1.00 bits per heavy atom. The number of nitrogens with one attached hydrogen (secondary N) is 1. The largest absolute Gasteiger partial charge is 0.386 e. The molecule has 0 bridgehead atoms. The first-order chi connectivity index (χ1) is 16.1. The zero-order valence-corrected chi connectivity index (χ0v) is 18.8. The van der Waals surface area contributed by atoms with Crippen molar-refractivity contribution >= 4 is 20.9 Å². The van der Waals surface area contributed by atoms with Crippen LogP contribution in [0.5, 0.6) is 0 Å². The summed E-state index contributed by atoms with van der Waals surface area (Å²) < 4.78 is 65.2. The Morgan fingerprint density at radius 2 is 1.68 bits per heavy atom. The molecule has 10 heteroatoms. The number of hydrogen-bond acceptors (Lipinski definition) is 4. The number of benzene rings is 2. The molecule has 2 heterocycles. The standard InChI is InChI=1S/C24H20F3N3O3S/c1-30-12-11-21-20(23(30)31)13-19(17-5-3-2-4-6-17)22(29-21)18-9-7-16(8-10-18)14-28-34(32,33)24(26,27)15-25/h2-13,28H,14-15H2,1H3. The number of aryl methyl sites for hydroxylation is 1. The number of hydrogen-bond donors (Lipinski definition) is 1. The van der Waals surface area contributed by atoms with Gasteiger partial charge in [0.05, 0.1) is 16.6 Å². The van der Waals surface area contributed by atoms with Crippen molar-refractivity contribution in [1.29, 1.82) is 0 Å². The van der Waals surface area contributed by atoms with Crippen molar-refractivity contribution in [3.63, 3.8) is 0 Å². The van der Waals surface area contributed by atoms with E-state index in [1.807, 2.05) is 30.3 Å². The second kappa shape index (κ2) is 9.03. The third kappa shape index (κ3) is 4.46. The van der Waals surface area contributed by atoms with Gasteiger partial charge in [-0.2, -0.15) is 8.78 Å². The number of aromatic nitrogens is 2. The molecule has 6 nitrogen and oxygen atoms in total. The fourth-order valence-electron chi connectivity index (χ4n) is 3.46. The van der Waals surface area contributed by atoms with Crippen LogP contribution in [0.4, 0.5) is 13.2 Å². The lowest BCUT2D eigenvalue weighted by Crippen LogP contribution is -2.40. The van der Waals surface area contributed by atoms with Gasteiger partial charge in [-0.1, -0.05) is 54.6 Å². The lowest BCUT2D eigenvalue weighted by Gasteiger charge is -2.15. The van der Waals surface area contributed by atoms with E-state index >= 15 is 0 Å². The molecule has 0 aliphatic carbocycles. The Labute approximate surface area is 193 Å². The van der Waals surface area contributed by atoms with Gasteiger partial charge >= 0.3 is 5.25 Å². The molecule has 0 radical (unpaired) electrons. The van der Waals surface area contributed by atoms with Gasteiger partial charge in [-0.15, -0.1) is 0 Å². The highest BCUT2D eigenvalue weighted by molar-refractivity contribution is 7.90. The minimum absolute atomic E-state index is 0.179. The molecule has 4 aromatic rings. The molecule has 0 spiro atoms. The lowest BCUT2D eigenvalue weighted by atomic mass is 9.97. The zero-order valence-electron chi connectivity index (χ0n) is 18.0. The molecule has 0 saturated heterocycles. The van der Waals surface area contributed by atoms with Gasteiger partial charge in [0.25, 0.3) is 15.6 Å². The molecular formula is C24H20F3N3O3S. The molecule has 0 aliphatic heterocycles. The normalized spacial score (nSPS) is 12.2. The molecule has 2 aromatic heterocycles. The van der Waals surface area contributed by atoms with Crippen molar-refractivity contribution in [2.75, 3.05) is 6.67 Å². The van der Waals surface area contributed by atoms with Crippen LogP contribution in [-0.2, 0) is 23.6 Å². The minimum atomic E-state index is -5.15. The van der Waals surface area contributed by atoms with Crippen LogP contribution >= 0.6 is 0 Å². The smallest absolute Gasteiger partial charge is 0.318 e. The van der Waals surface area contributed by atoms with Crippen LogP contribution in [0.2, 0.25) is 0 Å². The zero-order chi connectivity index (χ0) is 24.5. The van der Waals surface area contributed by atoms with E-state index in [-0.39, 0.29) is 5.56 Å². The van der Waals surface area contributed by atoms with Crippen molar-refractivity contribution in [1.82, 2.24) is 14.3 Å². The van der Waals surface area contributed by atoms with E-state index < -0.39 is 28.5 Å². The number of pyridine rings is 2. The predicted molar refractivity (Wildman–Crippen MR) is 125 cm³/mol. The minimum Gasteiger partial charge on any atom is -0.318 e. The Hall–Kier alpha value is -3.50. The first-order valence-corrected chi connectivity index (χ1v) is 11.7. The molecule has 176 valence electrons. The first-order valence-electron chi connectivity index (χ1n) is 10.2. The highest BCUT2D eigenvalue weighted by atomic mass is 32.2. The van der Waals surface area contributed by atoms with Gasteiger partial charge in [0.15, 0.2) is 6.67 Å². The summed E-state index contributed by atoms with van der Waals surface area (Å²) in [6.07, 6.45) is 1.63. The van der Waals surface area contributed by atoms with Gasteiger partial charge in [-0.3, -0.25) is 4.79 Å². The van der Waals surface area contributed by atoms with Crippen molar-refractivity contribution in [3.8, 4) is 22.4 Å². The third-order valence-corrected chi connectivity index (χ3v) is 6.81. The molecule has 0 atom stereocenters. The van der Waals surface area contributed by atoms with E-state index in [9.17, 15) is 26.4 Å². The van der Waals surface area contributed by atoms with Crippen LogP contribution in [-0.4, -0.2) is 29.9 Å². The summed E-state index contributed by atoms with van der Waals surface area (Å²) in [6.45, 7) is -2.73. The van der Waals surface area contributed by atoms with Crippen molar-refractivity contribution in [2.24, 2.45) is 7.05 Å². The number of nitrogens with zero attached hydrogens (tertiary/aromatic N) is 2.